The molecule has 9 heteroatoms. The zero-order valence-electron chi connectivity index (χ0n) is 21.5. The lowest BCUT2D eigenvalue weighted by Crippen LogP contribution is -2.29. The maximum Gasteiger partial charge on any atom is 0.333 e. The van der Waals surface area contributed by atoms with E-state index in [2.05, 4.69) is 0 Å². The summed E-state index contributed by atoms with van der Waals surface area (Å²) in [5.74, 6) is 1.56. The number of nitrogens with zero attached hydrogens (tertiary/aromatic N) is 1. The van der Waals surface area contributed by atoms with E-state index >= 15 is 0 Å². The lowest BCUT2D eigenvalue weighted by atomic mass is 10.1. The highest BCUT2D eigenvalue weighted by molar-refractivity contribution is 7.15. The van der Waals surface area contributed by atoms with Crippen LogP contribution in [0.25, 0.3) is 10.6 Å². The third kappa shape index (κ3) is 7.11. The number of hydrogen-bond acceptors (Lipinski definition) is 8. The smallest absolute Gasteiger partial charge is 0.333 e. The number of thiazole rings is 1. The first-order valence-corrected chi connectivity index (χ1v) is 12.4. The quantitative estimate of drug-likeness (QED) is 0.332. The fourth-order valence-electron chi connectivity index (χ4n) is 3.67. The van der Waals surface area contributed by atoms with E-state index in [1.807, 2.05) is 45.0 Å². The predicted molar refractivity (Wildman–Crippen MR) is 139 cm³/mol. The third-order valence-corrected chi connectivity index (χ3v) is 6.51. The van der Waals surface area contributed by atoms with Crippen molar-refractivity contribution < 1.29 is 33.6 Å². The van der Waals surface area contributed by atoms with Gasteiger partial charge in [-0.25, -0.2) is 9.78 Å². The molecule has 0 spiro atoms. The predicted octanol–water partition coefficient (Wildman–Crippen LogP) is 5.19. The Morgan fingerprint density at radius 3 is 2.28 bits per heavy atom. The van der Waals surface area contributed by atoms with Crippen LogP contribution in [-0.2, 0) is 22.4 Å². The highest BCUT2D eigenvalue weighted by Crippen LogP contribution is 2.34. The number of methoxy groups -OCH3 is 3. The van der Waals surface area contributed by atoms with E-state index in [1.165, 1.54) is 0 Å². The minimum absolute atomic E-state index is 0.184. The van der Waals surface area contributed by atoms with Gasteiger partial charge < -0.3 is 28.8 Å². The van der Waals surface area contributed by atoms with Gasteiger partial charge in [0.15, 0.2) is 17.6 Å². The van der Waals surface area contributed by atoms with Crippen LogP contribution < -0.4 is 18.9 Å². The summed E-state index contributed by atoms with van der Waals surface area (Å²) in [6.45, 7) is 6.08. The first kappa shape index (κ1) is 27.3. The number of benzene rings is 2. The summed E-state index contributed by atoms with van der Waals surface area (Å²) in [5.41, 5.74) is 2.69. The number of aliphatic carboxylic acids is 1. The summed E-state index contributed by atoms with van der Waals surface area (Å²) in [7, 11) is 4.81. The number of hydrogen-bond donors (Lipinski definition) is 1. The second-order valence-corrected chi connectivity index (χ2v) is 9.63. The van der Waals surface area contributed by atoms with Gasteiger partial charge in [0.2, 0.25) is 0 Å². The largest absolute Gasteiger partial charge is 0.497 e. The van der Waals surface area contributed by atoms with Gasteiger partial charge >= 0.3 is 5.97 Å². The third-order valence-electron chi connectivity index (χ3n) is 5.45. The molecule has 194 valence electrons. The lowest BCUT2D eigenvalue weighted by Gasteiger charge is -2.17. The van der Waals surface area contributed by atoms with Crippen molar-refractivity contribution in [3.63, 3.8) is 0 Å². The van der Waals surface area contributed by atoms with Crippen LogP contribution in [0, 0.1) is 6.92 Å². The van der Waals surface area contributed by atoms with Crippen molar-refractivity contribution in [2.24, 2.45) is 0 Å². The van der Waals surface area contributed by atoms with E-state index in [4.69, 9.17) is 28.7 Å². The number of carboxylic acids is 1. The molecule has 0 radical (unpaired) electrons. The van der Waals surface area contributed by atoms with E-state index in [0.717, 1.165) is 26.7 Å². The molecule has 0 saturated heterocycles. The van der Waals surface area contributed by atoms with Gasteiger partial charge in [0.25, 0.3) is 0 Å². The van der Waals surface area contributed by atoms with Crippen molar-refractivity contribution in [2.45, 2.75) is 45.8 Å². The molecule has 0 bridgehead atoms. The minimum Gasteiger partial charge on any atom is -0.497 e. The Hall–Kier alpha value is -3.30. The molecule has 1 aromatic heterocycles. The second-order valence-electron chi connectivity index (χ2n) is 8.42. The average molecular weight is 516 g/mol. The second kappa shape index (κ2) is 12.6. The highest BCUT2D eigenvalue weighted by Gasteiger charge is 2.21. The monoisotopic (exact) mass is 515 g/mol. The molecule has 1 N–H and O–H groups in total. The van der Waals surface area contributed by atoms with Gasteiger partial charge in [-0.2, -0.15) is 0 Å². The molecule has 1 unspecified atom stereocenters. The van der Waals surface area contributed by atoms with Crippen LogP contribution in [0.3, 0.4) is 0 Å². The van der Waals surface area contributed by atoms with Crippen LogP contribution in [0.4, 0.5) is 0 Å². The SMILES string of the molecule is COc1cc(OC)cc(-c2nc(CCOc3ccc(CC(OC(C)C)C(=O)O)cc3OC)c(C)s2)c1. The van der Waals surface area contributed by atoms with Gasteiger partial charge in [0.1, 0.15) is 16.5 Å². The van der Waals surface area contributed by atoms with Crippen LogP contribution in [0.1, 0.15) is 30.0 Å². The molecular weight excluding hydrogens is 482 g/mol. The Bertz CT molecular complexity index is 1150. The Kier molecular flexibility index (Phi) is 9.55. The molecule has 0 aliphatic heterocycles. The van der Waals surface area contributed by atoms with Crippen LogP contribution in [0.15, 0.2) is 36.4 Å². The number of ether oxygens (including phenoxy) is 5. The van der Waals surface area contributed by atoms with Gasteiger partial charge in [0.05, 0.1) is 39.7 Å². The number of aryl methyl sites for hydroxylation is 1. The summed E-state index contributed by atoms with van der Waals surface area (Å²) in [6, 6.07) is 11.1. The highest BCUT2D eigenvalue weighted by atomic mass is 32.1. The minimum atomic E-state index is -0.992. The first-order valence-electron chi connectivity index (χ1n) is 11.6. The van der Waals surface area contributed by atoms with E-state index in [0.29, 0.717) is 36.0 Å². The molecule has 2 aromatic carbocycles. The molecular formula is C27H33NO7S. The van der Waals surface area contributed by atoms with Crippen molar-refractivity contribution in [2.75, 3.05) is 27.9 Å². The molecule has 36 heavy (non-hydrogen) atoms. The van der Waals surface area contributed by atoms with Crippen molar-refractivity contribution >= 4 is 17.3 Å². The fourth-order valence-corrected chi connectivity index (χ4v) is 4.61. The van der Waals surface area contributed by atoms with Crippen LogP contribution >= 0.6 is 11.3 Å². The molecule has 0 fully saturated rings. The van der Waals surface area contributed by atoms with Gasteiger partial charge in [-0.05, 0) is 50.6 Å². The molecule has 3 aromatic rings. The van der Waals surface area contributed by atoms with E-state index in [-0.39, 0.29) is 12.5 Å². The standard InChI is InChI=1S/C27H33NO7S/c1-16(2)35-25(27(29)30)12-18-7-8-23(24(11-18)33-6)34-10-9-22-17(3)36-26(28-22)19-13-20(31-4)15-21(14-19)32-5/h7-8,11,13-16,25H,9-10,12H2,1-6H3,(H,29,30). The maximum atomic E-state index is 11.5. The van der Waals surface area contributed by atoms with Gasteiger partial charge in [-0.15, -0.1) is 11.3 Å². The van der Waals surface area contributed by atoms with Crippen molar-refractivity contribution in [3.8, 4) is 33.6 Å². The van der Waals surface area contributed by atoms with Gasteiger partial charge in [-0.3, -0.25) is 0 Å². The van der Waals surface area contributed by atoms with Gasteiger partial charge in [-0.1, -0.05) is 6.07 Å². The van der Waals surface area contributed by atoms with Crippen LogP contribution in [0.5, 0.6) is 23.0 Å². The molecule has 0 aliphatic carbocycles. The normalized spacial score (nSPS) is 11.9. The fraction of sp³-hybridized carbons (Fsp3) is 0.407. The molecule has 8 nitrogen and oxygen atoms in total. The Labute approximate surface area is 215 Å². The van der Waals surface area contributed by atoms with Crippen LogP contribution in [0.2, 0.25) is 0 Å². The number of rotatable bonds is 13. The maximum absolute atomic E-state index is 11.5. The summed E-state index contributed by atoms with van der Waals surface area (Å²) < 4.78 is 27.8. The van der Waals surface area contributed by atoms with Crippen molar-refractivity contribution in [1.82, 2.24) is 4.98 Å². The number of carbonyl (C=O) groups is 1. The Morgan fingerprint density at radius 1 is 1.00 bits per heavy atom. The molecule has 0 amide bonds. The zero-order valence-corrected chi connectivity index (χ0v) is 22.3. The van der Waals surface area contributed by atoms with Crippen molar-refractivity contribution in [1.29, 1.82) is 0 Å². The average Bonchev–Trinajstić information content (AvgIpc) is 3.23. The molecule has 0 aliphatic rings. The number of carboxylic acid groups (broad SMARTS) is 1. The van der Waals surface area contributed by atoms with E-state index in [9.17, 15) is 9.90 Å². The topological polar surface area (TPSA) is 96.3 Å². The van der Waals surface area contributed by atoms with Gasteiger partial charge in [0, 0.05) is 29.3 Å². The first-order chi connectivity index (χ1) is 17.2. The summed E-state index contributed by atoms with van der Waals surface area (Å²) in [5, 5.41) is 10.3. The van der Waals surface area contributed by atoms with Crippen molar-refractivity contribution in [3.05, 3.63) is 52.5 Å². The molecule has 1 heterocycles. The Morgan fingerprint density at radius 2 is 1.69 bits per heavy atom. The lowest BCUT2D eigenvalue weighted by molar-refractivity contribution is -0.153. The van der Waals surface area contributed by atoms with E-state index < -0.39 is 12.1 Å². The summed E-state index contributed by atoms with van der Waals surface area (Å²) in [4.78, 5) is 17.5. The molecule has 0 saturated carbocycles. The summed E-state index contributed by atoms with van der Waals surface area (Å²) in [6.07, 6.45) is -0.249. The molecule has 1 atom stereocenters. The summed E-state index contributed by atoms with van der Waals surface area (Å²) >= 11 is 1.61. The van der Waals surface area contributed by atoms with E-state index in [1.54, 1.807) is 44.8 Å². The number of aromatic nitrogens is 1. The zero-order chi connectivity index (χ0) is 26.2. The Balaban J connectivity index is 1.67. The van der Waals surface area contributed by atoms with Crippen LogP contribution in [-0.4, -0.2) is 56.2 Å². The molecule has 3 rings (SSSR count).